The number of hydrogen-bond donors (Lipinski definition) is 1. The SMILES string of the molecule is Clc1cc(Nc2ccccc2I)nc(C2CC2)n1. The summed E-state index contributed by atoms with van der Waals surface area (Å²) in [6, 6.07) is 9.84. The van der Waals surface area contributed by atoms with Crippen LogP contribution in [-0.4, -0.2) is 9.97 Å². The first-order chi connectivity index (χ1) is 8.72. The molecule has 1 aromatic carbocycles. The molecule has 1 aromatic heterocycles. The van der Waals surface area contributed by atoms with Gasteiger partial charge in [-0.05, 0) is 47.6 Å². The summed E-state index contributed by atoms with van der Waals surface area (Å²) in [6.07, 6.45) is 2.34. The Balaban J connectivity index is 1.90. The second kappa shape index (κ2) is 5.01. The average molecular weight is 372 g/mol. The van der Waals surface area contributed by atoms with Gasteiger partial charge in [-0.2, -0.15) is 0 Å². The van der Waals surface area contributed by atoms with Gasteiger partial charge >= 0.3 is 0 Å². The molecule has 1 aliphatic carbocycles. The highest BCUT2D eigenvalue weighted by atomic mass is 127. The number of nitrogens with zero attached hydrogens (tertiary/aromatic N) is 2. The molecule has 1 aliphatic rings. The van der Waals surface area contributed by atoms with Gasteiger partial charge in [0.25, 0.3) is 0 Å². The molecule has 0 radical (unpaired) electrons. The molecule has 1 saturated carbocycles. The van der Waals surface area contributed by atoms with Crippen molar-refractivity contribution in [2.24, 2.45) is 0 Å². The minimum absolute atomic E-state index is 0.499. The lowest BCUT2D eigenvalue weighted by Crippen LogP contribution is -2.00. The zero-order chi connectivity index (χ0) is 12.5. The maximum absolute atomic E-state index is 6.03. The molecular formula is C13H11ClIN3. The predicted octanol–water partition coefficient (Wildman–Crippen LogP) is 4.36. The van der Waals surface area contributed by atoms with E-state index in [1.807, 2.05) is 24.3 Å². The number of para-hydroxylation sites is 1. The van der Waals surface area contributed by atoms with Crippen LogP contribution >= 0.6 is 34.2 Å². The Kier molecular flexibility index (Phi) is 3.39. The lowest BCUT2D eigenvalue weighted by atomic mass is 10.3. The van der Waals surface area contributed by atoms with E-state index in [-0.39, 0.29) is 0 Å². The van der Waals surface area contributed by atoms with Crippen LogP contribution in [0.2, 0.25) is 5.15 Å². The van der Waals surface area contributed by atoms with E-state index in [2.05, 4.69) is 37.9 Å². The minimum atomic E-state index is 0.499. The van der Waals surface area contributed by atoms with Gasteiger partial charge < -0.3 is 5.32 Å². The standard InChI is InChI=1S/C13H11ClIN3/c14-11-7-12(18-13(17-11)8-5-6-8)16-10-4-2-1-3-9(10)15/h1-4,7-8H,5-6H2,(H,16,17,18). The zero-order valence-corrected chi connectivity index (χ0v) is 12.4. The largest absolute Gasteiger partial charge is 0.339 e. The molecule has 3 nitrogen and oxygen atoms in total. The minimum Gasteiger partial charge on any atom is -0.339 e. The summed E-state index contributed by atoms with van der Waals surface area (Å²) in [5.41, 5.74) is 1.04. The van der Waals surface area contributed by atoms with Crippen LogP contribution in [0, 0.1) is 3.57 Å². The maximum atomic E-state index is 6.03. The molecule has 2 aromatic rings. The molecule has 92 valence electrons. The second-order valence-corrected chi connectivity index (χ2v) is 5.86. The van der Waals surface area contributed by atoms with Gasteiger partial charge in [-0.1, -0.05) is 23.7 Å². The summed E-state index contributed by atoms with van der Waals surface area (Å²) in [5.74, 6) is 2.12. The number of rotatable bonds is 3. The summed E-state index contributed by atoms with van der Waals surface area (Å²) >= 11 is 8.33. The third-order valence-electron chi connectivity index (χ3n) is 2.79. The van der Waals surface area contributed by atoms with Gasteiger partial charge in [-0.25, -0.2) is 9.97 Å². The Hall–Kier alpha value is -0.880. The Labute approximate surface area is 124 Å². The van der Waals surface area contributed by atoms with Gasteiger partial charge in [-0.15, -0.1) is 0 Å². The van der Waals surface area contributed by atoms with Crippen molar-refractivity contribution in [1.82, 2.24) is 9.97 Å². The van der Waals surface area contributed by atoms with Crippen LogP contribution in [0.1, 0.15) is 24.6 Å². The first kappa shape index (κ1) is 12.2. The molecule has 0 unspecified atom stereocenters. The van der Waals surface area contributed by atoms with Crippen LogP contribution in [-0.2, 0) is 0 Å². The van der Waals surface area contributed by atoms with Crippen molar-refractivity contribution in [3.8, 4) is 0 Å². The summed E-state index contributed by atoms with van der Waals surface area (Å²) in [4.78, 5) is 8.79. The number of halogens is 2. The molecule has 3 rings (SSSR count). The smallest absolute Gasteiger partial charge is 0.135 e. The van der Waals surface area contributed by atoms with E-state index in [4.69, 9.17) is 11.6 Å². The van der Waals surface area contributed by atoms with Crippen LogP contribution in [0.15, 0.2) is 30.3 Å². The quantitative estimate of drug-likeness (QED) is 0.644. The lowest BCUT2D eigenvalue weighted by molar-refractivity contribution is 0.930. The molecule has 5 heteroatoms. The highest BCUT2D eigenvalue weighted by Gasteiger charge is 2.27. The monoisotopic (exact) mass is 371 g/mol. The lowest BCUT2D eigenvalue weighted by Gasteiger charge is -2.09. The van der Waals surface area contributed by atoms with Gasteiger partial charge in [0.05, 0.1) is 5.69 Å². The normalized spacial score (nSPS) is 14.6. The molecular weight excluding hydrogens is 361 g/mol. The van der Waals surface area contributed by atoms with E-state index in [0.717, 1.165) is 20.9 Å². The molecule has 18 heavy (non-hydrogen) atoms. The first-order valence-electron chi connectivity index (χ1n) is 5.78. The van der Waals surface area contributed by atoms with Gasteiger partial charge in [0.2, 0.25) is 0 Å². The zero-order valence-electron chi connectivity index (χ0n) is 9.53. The molecule has 0 bridgehead atoms. The number of nitrogens with one attached hydrogen (secondary N) is 1. The number of anilines is 2. The van der Waals surface area contributed by atoms with Crippen LogP contribution in [0.4, 0.5) is 11.5 Å². The maximum Gasteiger partial charge on any atom is 0.135 e. The molecule has 1 N–H and O–H groups in total. The summed E-state index contributed by atoms with van der Waals surface area (Å²) in [7, 11) is 0. The van der Waals surface area contributed by atoms with Crippen LogP contribution in [0.3, 0.4) is 0 Å². The number of aromatic nitrogens is 2. The van der Waals surface area contributed by atoms with Crippen LogP contribution < -0.4 is 5.32 Å². The predicted molar refractivity (Wildman–Crippen MR) is 81.5 cm³/mol. The third kappa shape index (κ3) is 2.75. The topological polar surface area (TPSA) is 37.8 Å². The van der Waals surface area contributed by atoms with E-state index in [0.29, 0.717) is 11.1 Å². The van der Waals surface area contributed by atoms with Crippen molar-refractivity contribution in [3.63, 3.8) is 0 Å². The van der Waals surface area contributed by atoms with Gasteiger partial charge in [-0.3, -0.25) is 0 Å². The highest BCUT2D eigenvalue weighted by Crippen LogP contribution is 2.39. The summed E-state index contributed by atoms with van der Waals surface area (Å²) in [6.45, 7) is 0. The van der Waals surface area contributed by atoms with Crippen molar-refractivity contribution >= 4 is 45.7 Å². The van der Waals surface area contributed by atoms with E-state index < -0.39 is 0 Å². The Morgan fingerprint density at radius 1 is 1.22 bits per heavy atom. The highest BCUT2D eigenvalue weighted by molar-refractivity contribution is 14.1. The third-order valence-corrected chi connectivity index (χ3v) is 3.93. The molecule has 0 saturated heterocycles. The molecule has 0 atom stereocenters. The van der Waals surface area contributed by atoms with Gasteiger partial charge in [0.15, 0.2) is 0 Å². The fraction of sp³-hybridized carbons (Fsp3) is 0.231. The molecule has 0 aliphatic heterocycles. The van der Waals surface area contributed by atoms with E-state index >= 15 is 0 Å². The van der Waals surface area contributed by atoms with E-state index in [1.54, 1.807) is 6.07 Å². The Morgan fingerprint density at radius 3 is 2.72 bits per heavy atom. The fourth-order valence-corrected chi connectivity index (χ4v) is 2.44. The van der Waals surface area contributed by atoms with Crippen molar-refractivity contribution in [2.75, 3.05) is 5.32 Å². The van der Waals surface area contributed by atoms with Crippen molar-refractivity contribution < 1.29 is 0 Å². The van der Waals surface area contributed by atoms with Gasteiger partial charge in [0.1, 0.15) is 16.8 Å². The second-order valence-electron chi connectivity index (χ2n) is 4.31. The van der Waals surface area contributed by atoms with Crippen molar-refractivity contribution in [2.45, 2.75) is 18.8 Å². The molecule has 1 heterocycles. The molecule has 0 amide bonds. The Morgan fingerprint density at radius 2 is 2.00 bits per heavy atom. The molecule has 1 fully saturated rings. The van der Waals surface area contributed by atoms with E-state index in [9.17, 15) is 0 Å². The van der Waals surface area contributed by atoms with Crippen LogP contribution in [0.25, 0.3) is 0 Å². The first-order valence-corrected chi connectivity index (χ1v) is 7.24. The number of hydrogen-bond acceptors (Lipinski definition) is 3. The number of benzene rings is 1. The fourth-order valence-electron chi connectivity index (χ4n) is 1.72. The Bertz CT molecular complexity index is 584. The summed E-state index contributed by atoms with van der Waals surface area (Å²) < 4.78 is 1.15. The van der Waals surface area contributed by atoms with E-state index in [1.165, 1.54) is 12.8 Å². The molecule has 0 spiro atoms. The summed E-state index contributed by atoms with van der Waals surface area (Å²) in [5, 5.41) is 3.79. The van der Waals surface area contributed by atoms with Crippen LogP contribution in [0.5, 0.6) is 0 Å². The average Bonchev–Trinajstić information content (AvgIpc) is 3.15. The van der Waals surface area contributed by atoms with Crippen molar-refractivity contribution in [3.05, 3.63) is 44.9 Å². The van der Waals surface area contributed by atoms with Crippen molar-refractivity contribution in [1.29, 1.82) is 0 Å². The van der Waals surface area contributed by atoms with Gasteiger partial charge in [0, 0.05) is 15.6 Å².